The minimum Gasteiger partial charge on any atom is -0.399 e. The van der Waals surface area contributed by atoms with Crippen LogP contribution in [0.15, 0.2) is 49.2 Å². The maximum atomic E-state index is 12.5. The summed E-state index contributed by atoms with van der Waals surface area (Å²) in [6.07, 6.45) is 5.66. The zero-order chi connectivity index (χ0) is 14.8. The maximum Gasteiger partial charge on any atom is 0.274 e. The molecule has 3 rings (SSSR count). The van der Waals surface area contributed by atoms with Crippen LogP contribution in [0.4, 0.5) is 5.69 Å². The van der Waals surface area contributed by atoms with E-state index in [2.05, 4.69) is 11.7 Å². The van der Waals surface area contributed by atoms with E-state index in [1.54, 1.807) is 23.0 Å². The molecule has 0 spiro atoms. The van der Waals surface area contributed by atoms with Gasteiger partial charge in [0.05, 0.1) is 5.69 Å². The van der Waals surface area contributed by atoms with Gasteiger partial charge in [-0.05, 0) is 37.1 Å². The van der Waals surface area contributed by atoms with Crippen LogP contribution in [0.1, 0.15) is 23.3 Å². The van der Waals surface area contributed by atoms with Crippen LogP contribution in [0.3, 0.4) is 0 Å². The van der Waals surface area contributed by atoms with Gasteiger partial charge in [0.25, 0.3) is 5.91 Å². The van der Waals surface area contributed by atoms with Crippen molar-refractivity contribution in [3.63, 3.8) is 0 Å². The molecule has 1 aliphatic rings. The molecule has 1 fully saturated rings. The van der Waals surface area contributed by atoms with Crippen molar-refractivity contribution in [3.8, 4) is 5.69 Å². The quantitative estimate of drug-likeness (QED) is 0.675. The Morgan fingerprint density at radius 2 is 2.29 bits per heavy atom. The van der Waals surface area contributed by atoms with Crippen molar-refractivity contribution in [3.05, 3.63) is 54.9 Å². The molecule has 5 heteroatoms. The lowest BCUT2D eigenvalue weighted by Gasteiger charge is -2.19. The molecule has 1 aliphatic carbocycles. The maximum absolute atomic E-state index is 12.5. The van der Waals surface area contributed by atoms with Crippen LogP contribution in [0.2, 0.25) is 0 Å². The third-order valence-electron chi connectivity index (χ3n) is 3.52. The highest BCUT2D eigenvalue weighted by molar-refractivity contribution is 5.92. The van der Waals surface area contributed by atoms with Gasteiger partial charge in [-0.3, -0.25) is 4.79 Å². The minimum atomic E-state index is -0.0416. The molecule has 1 saturated carbocycles. The number of anilines is 1. The lowest BCUT2D eigenvalue weighted by molar-refractivity contribution is 0.0756. The van der Waals surface area contributed by atoms with Gasteiger partial charge in [-0.25, -0.2) is 4.68 Å². The number of carbonyl (C=O) groups is 1. The molecule has 5 nitrogen and oxygen atoms in total. The first-order valence-corrected chi connectivity index (χ1v) is 7.02. The summed E-state index contributed by atoms with van der Waals surface area (Å²) in [5, 5.41) is 4.37. The van der Waals surface area contributed by atoms with Crippen LogP contribution in [-0.2, 0) is 0 Å². The molecule has 1 amide bonds. The molecule has 108 valence electrons. The number of benzene rings is 1. The molecular weight excluding hydrogens is 264 g/mol. The van der Waals surface area contributed by atoms with Crippen molar-refractivity contribution >= 4 is 11.6 Å². The van der Waals surface area contributed by atoms with Crippen LogP contribution in [-0.4, -0.2) is 33.2 Å². The number of rotatable bonds is 5. The second-order valence-corrected chi connectivity index (χ2v) is 5.22. The van der Waals surface area contributed by atoms with Crippen molar-refractivity contribution in [2.24, 2.45) is 0 Å². The van der Waals surface area contributed by atoms with E-state index in [0.29, 0.717) is 24.0 Å². The summed E-state index contributed by atoms with van der Waals surface area (Å²) in [5.41, 5.74) is 7.73. The molecule has 0 radical (unpaired) electrons. The van der Waals surface area contributed by atoms with Crippen molar-refractivity contribution in [2.75, 3.05) is 12.3 Å². The lowest BCUT2D eigenvalue weighted by Crippen LogP contribution is -2.33. The van der Waals surface area contributed by atoms with Gasteiger partial charge in [0.1, 0.15) is 0 Å². The number of hydrogen-bond donors (Lipinski definition) is 1. The Morgan fingerprint density at radius 3 is 2.95 bits per heavy atom. The van der Waals surface area contributed by atoms with E-state index >= 15 is 0 Å². The molecule has 0 bridgehead atoms. The number of aromatic nitrogens is 2. The van der Waals surface area contributed by atoms with Crippen molar-refractivity contribution < 1.29 is 4.79 Å². The highest BCUT2D eigenvalue weighted by atomic mass is 16.2. The van der Waals surface area contributed by atoms with Crippen molar-refractivity contribution in [2.45, 2.75) is 18.9 Å². The topological polar surface area (TPSA) is 64.2 Å². The number of carbonyl (C=O) groups excluding carboxylic acids is 1. The zero-order valence-electron chi connectivity index (χ0n) is 11.8. The number of nitrogen functional groups attached to an aromatic ring is 1. The zero-order valence-corrected chi connectivity index (χ0v) is 11.8. The highest BCUT2D eigenvalue weighted by Crippen LogP contribution is 2.28. The Kier molecular flexibility index (Phi) is 3.48. The van der Waals surface area contributed by atoms with E-state index in [0.717, 1.165) is 18.5 Å². The summed E-state index contributed by atoms with van der Waals surface area (Å²) >= 11 is 0. The van der Waals surface area contributed by atoms with Crippen molar-refractivity contribution in [1.82, 2.24) is 14.7 Å². The molecule has 0 aliphatic heterocycles. The van der Waals surface area contributed by atoms with E-state index in [1.807, 2.05) is 29.2 Å². The number of hydrogen-bond acceptors (Lipinski definition) is 3. The van der Waals surface area contributed by atoms with Crippen LogP contribution in [0.25, 0.3) is 5.69 Å². The fraction of sp³-hybridized carbons (Fsp3) is 0.250. The third-order valence-corrected chi connectivity index (χ3v) is 3.52. The summed E-state index contributed by atoms with van der Waals surface area (Å²) in [5.74, 6) is -0.0416. The van der Waals surface area contributed by atoms with Gasteiger partial charge in [-0.2, -0.15) is 5.10 Å². The second-order valence-electron chi connectivity index (χ2n) is 5.22. The highest BCUT2D eigenvalue weighted by Gasteiger charge is 2.33. The molecule has 1 heterocycles. The van der Waals surface area contributed by atoms with Gasteiger partial charge >= 0.3 is 0 Å². The monoisotopic (exact) mass is 282 g/mol. The van der Waals surface area contributed by atoms with Crippen LogP contribution in [0, 0.1) is 0 Å². The number of nitrogens with zero attached hydrogens (tertiary/aromatic N) is 3. The first kappa shape index (κ1) is 13.4. The molecule has 1 aromatic carbocycles. The largest absolute Gasteiger partial charge is 0.399 e. The fourth-order valence-electron chi connectivity index (χ4n) is 2.32. The van der Waals surface area contributed by atoms with E-state index < -0.39 is 0 Å². The van der Waals surface area contributed by atoms with Gasteiger partial charge in [-0.15, -0.1) is 6.58 Å². The molecule has 0 saturated heterocycles. The van der Waals surface area contributed by atoms with E-state index in [4.69, 9.17) is 5.73 Å². The molecule has 2 aromatic rings. The van der Waals surface area contributed by atoms with Gasteiger partial charge in [-0.1, -0.05) is 12.1 Å². The molecule has 0 atom stereocenters. The Hall–Kier alpha value is -2.56. The Bertz CT molecular complexity index is 672. The minimum absolute atomic E-state index is 0.0416. The summed E-state index contributed by atoms with van der Waals surface area (Å²) in [7, 11) is 0. The lowest BCUT2D eigenvalue weighted by atomic mass is 10.3. The van der Waals surface area contributed by atoms with E-state index in [-0.39, 0.29) is 5.91 Å². The molecular formula is C16H18N4O. The normalized spacial score (nSPS) is 13.9. The third kappa shape index (κ3) is 2.81. The Labute approximate surface area is 123 Å². The summed E-state index contributed by atoms with van der Waals surface area (Å²) in [6.45, 7) is 4.28. The van der Waals surface area contributed by atoms with Gasteiger partial charge < -0.3 is 10.6 Å². The average Bonchev–Trinajstić information content (AvgIpc) is 3.20. The summed E-state index contributed by atoms with van der Waals surface area (Å²) in [6, 6.07) is 9.49. The van der Waals surface area contributed by atoms with Gasteiger partial charge in [0.15, 0.2) is 5.69 Å². The Balaban J connectivity index is 1.83. The number of amides is 1. The first-order chi connectivity index (χ1) is 10.2. The molecule has 0 unspecified atom stereocenters. The second kappa shape index (κ2) is 5.44. The van der Waals surface area contributed by atoms with Gasteiger partial charge in [0.2, 0.25) is 0 Å². The van der Waals surface area contributed by atoms with E-state index in [9.17, 15) is 4.79 Å². The fourth-order valence-corrected chi connectivity index (χ4v) is 2.32. The first-order valence-electron chi connectivity index (χ1n) is 7.02. The predicted octanol–water partition coefficient (Wildman–Crippen LogP) is 2.25. The van der Waals surface area contributed by atoms with Crippen LogP contribution >= 0.6 is 0 Å². The average molecular weight is 282 g/mol. The summed E-state index contributed by atoms with van der Waals surface area (Å²) in [4.78, 5) is 14.3. The SMILES string of the molecule is C=CCN(C(=O)c1ccn(-c2cccc(N)c2)n1)C1CC1. The summed E-state index contributed by atoms with van der Waals surface area (Å²) < 4.78 is 1.67. The molecule has 1 aromatic heterocycles. The van der Waals surface area contributed by atoms with Gasteiger partial charge in [0, 0.05) is 24.5 Å². The molecule has 2 N–H and O–H groups in total. The predicted molar refractivity (Wildman–Crippen MR) is 82.2 cm³/mol. The molecule has 21 heavy (non-hydrogen) atoms. The van der Waals surface area contributed by atoms with E-state index in [1.165, 1.54) is 0 Å². The van der Waals surface area contributed by atoms with Crippen LogP contribution in [0.5, 0.6) is 0 Å². The van der Waals surface area contributed by atoms with Crippen LogP contribution < -0.4 is 5.73 Å². The van der Waals surface area contributed by atoms with Crippen molar-refractivity contribution in [1.29, 1.82) is 0 Å². The Morgan fingerprint density at radius 1 is 1.48 bits per heavy atom. The standard InChI is InChI=1S/C16H18N4O/c1-2-9-19(13-6-7-13)16(21)15-8-10-20(18-15)14-5-3-4-12(17)11-14/h2-5,8,10-11,13H,1,6-7,9,17H2. The smallest absolute Gasteiger partial charge is 0.274 e. The number of nitrogens with two attached hydrogens (primary N) is 1.